The highest BCUT2D eigenvalue weighted by atomic mass is 32.2. The van der Waals surface area contributed by atoms with Gasteiger partial charge in [0.05, 0.1) is 4.90 Å². The third-order valence-corrected chi connectivity index (χ3v) is 6.10. The zero-order valence-electron chi connectivity index (χ0n) is 15.7. The summed E-state index contributed by atoms with van der Waals surface area (Å²) in [6.07, 6.45) is 7.03. The fourth-order valence-electron chi connectivity index (χ4n) is 3.19. The molecule has 1 fully saturated rings. The van der Waals surface area contributed by atoms with Crippen LogP contribution in [-0.2, 0) is 14.8 Å². The Bertz CT molecular complexity index is 667. The Labute approximate surface area is 156 Å². The van der Waals surface area contributed by atoms with Gasteiger partial charge in [-0.1, -0.05) is 32.6 Å². The van der Waals surface area contributed by atoms with Crippen molar-refractivity contribution >= 4 is 15.9 Å². The van der Waals surface area contributed by atoms with Crippen LogP contribution in [-0.4, -0.2) is 33.0 Å². The van der Waals surface area contributed by atoms with E-state index in [9.17, 15) is 13.2 Å². The monoisotopic (exact) mass is 382 g/mol. The van der Waals surface area contributed by atoms with Gasteiger partial charge in [0.2, 0.25) is 10.0 Å². The molecule has 1 aromatic rings. The van der Waals surface area contributed by atoms with Gasteiger partial charge in [0.1, 0.15) is 5.75 Å². The van der Waals surface area contributed by atoms with Crippen molar-refractivity contribution in [1.82, 2.24) is 10.0 Å². The molecule has 0 aliphatic heterocycles. The Kier molecular flexibility index (Phi) is 7.90. The SMILES string of the molecule is CCC[C@H](C)NC(=O)COc1ccc(S(=O)(=O)NC2CCCCC2)cc1. The van der Waals surface area contributed by atoms with Crippen LogP contribution in [0.2, 0.25) is 0 Å². The molecule has 0 heterocycles. The third kappa shape index (κ3) is 6.61. The molecule has 1 aliphatic carbocycles. The van der Waals surface area contributed by atoms with E-state index in [4.69, 9.17) is 4.74 Å². The number of rotatable bonds is 9. The van der Waals surface area contributed by atoms with Crippen molar-refractivity contribution in [2.24, 2.45) is 0 Å². The first-order valence-corrected chi connectivity index (χ1v) is 10.9. The van der Waals surface area contributed by atoms with E-state index in [1.807, 2.05) is 6.92 Å². The molecule has 1 saturated carbocycles. The lowest BCUT2D eigenvalue weighted by Gasteiger charge is -2.22. The fraction of sp³-hybridized carbons (Fsp3) is 0.632. The molecular weight excluding hydrogens is 352 g/mol. The van der Waals surface area contributed by atoms with Crippen molar-refractivity contribution < 1.29 is 17.9 Å². The van der Waals surface area contributed by atoms with E-state index < -0.39 is 10.0 Å². The molecule has 0 bridgehead atoms. The minimum Gasteiger partial charge on any atom is -0.484 e. The average molecular weight is 383 g/mol. The number of ether oxygens (including phenoxy) is 1. The highest BCUT2D eigenvalue weighted by Gasteiger charge is 2.21. The van der Waals surface area contributed by atoms with E-state index in [0.29, 0.717) is 5.75 Å². The Balaban J connectivity index is 1.86. The molecule has 0 radical (unpaired) electrons. The van der Waals surface area contributed by atoms with Gasteiger partial charge < -0.3 is 10.1 Å². The summed E-state index contributed by atoms with van der Waals surface area (Å²) in [5.74, 6) is 0.293. The Morgan fingerprint density at radius 1 is 1.19 bits per heavy atom. The van der Waals surface area contributed by atoms with Gasteiger partial charge in [-0.2, -0.15) is 0 Å². The van der Waals surface area contributed by atoms with E-state index >= 15 is 0 Å². The van der Waals surface area contributed by atoms with Gasteiger partial charge >= 0.3 is 0 Å². The number of carbonyl (C=O) groups is 1. The molecule has 0 saturated heterocycles. The predicted molar refractivity (Wildman–Crippen MR) is 102 cm³/mol. The van der Waals surface area contributed by atoms with Crippen molar-refractivity contribution in [1.29, 1.82) is 0 Å². The van der Waals surface area contributed by atoms with Gasteiger partial charge in [0.25, 0.3) is 5.91 Å². The van der Waals surface area contributed by atoms with Gasteiger partial charge in [-0.3, -0.25) is 4.79 Å². The maximum absolute atomic E-state index is 12.4. The molecule has 146 valence electrons. The molecule has 2 rings (SSSR count). The summed E-state index contributed by atoms with van der Waals surface area (Å²) in [4.78, 5) is 12.0. The van der Waals surface area contributed by atoms with Crippen LogP contribution in [0.15, 0.2) is 29.2 Å². The molecule has 0 spiro atoms. The van der Waals surface area contributed by atoms with Crippen LogP contribution in [0.4, 0.5) is 0 Å². The molecular formula is C19H30N2O4S. The lowest BCUT2D eigenvalue weighted by molar-refractivity contribution is -0.123. The summed E-state index contributed by atoms with van der Waals surface area (Å²) in [5, 5.41) is 2.86. The summed E-state index contributed by atoms with van der Waals surface area (Å²) in [7, 11) is -3.52. The van der Waals surface area contributed by atoms with Crippen LogP contribution in [0.5, 0.6) is 5.75 Å². The molecule has 7 heteroatoms. The number of hydrogen-bond acceptors (Lipinski definition) is 4. The van der Waals surface area contributed by atoms with E-state index in [2.05, 4.69) is 17.0 Å². The third-order valence-electron chi connectivity index (χ3n) is 4.56. The molecule has 0 aromatic heterocycles. The number of carbonyl (C=O) groups excluding carboxylic acids is 1. The van der Waals surface area contributed by atoms with Crippen LogP contribution in [0.25, 0.3) is 0 Å². The van der Waals surface area contributed by atoms with Crippen LogP contribution in [0.1, 0.15) is 58.8 Å². The average Bonchev–Trinajstić information content (AvgIpc) is 2.61. The van der Waals surface area contributed by atoms with Crippen LogP contribution >= 0.6 is 0 Å². The number of nitrogens with one attached hydrogen (secondary N) is 2. The Morgan fingerprint density at radius 3 is 2.46 bits per heavy atom. The predicted octanol–water partition coefficient (Wildman–Crippen LogP) is 2.98. The second kappa shape index (κ2) is 9.92. The van der Waals surface area contributed by atoms with E-state index in [1.165, 1.54) is 18.6 Å². The summed E-state index contributed by atoms with van der Waals surface area (Å²) < 4.78 is 33.1. The number of sulfonamides is 1. The van der Waals surface area contributed by atoms with Crippen LogP contribution < -0.4 is 14.8 Å². The maximum Gasteiger partial charge on any atom is 0.258 e. The first-order chi connectivity index (χ1) is 12.4. The first kappa shape index (κ1) is 20.7. The minimum atomic E-state index is -3.52. The van der Waals surface area contributed by atoms with Gasteiger partial charge in [-0.25, -0.2) is 13.1 Å². The van der Waals surface area contributed by atoms with Gasteiger partial charge in [-0.15, -0.1) is 0 Å². The highest BCUT2D eigenvalue weighted by Crippen LogP contribution is 2.21. The molecule has 0 unspecified atom stereocenters. The summed E-state index contributed by atoms with van der Waals surface area (Å²) in [6.45, 7) is 3.94. The van der Waals surface area contributed by atoms with Gasteiger partial charge in [0, 0.05) is 12.1 Å². The lowest BCUT2D eigenvalue weighted by atomic mass is 9.96. The second-order valence-corrected chi connectivity index (χ2v) is 8.69. The van der Waals surface area contributed by atoms with E-state index in [-0.39, 0.29) is 29.5 Å². The minimum absolute atomic E-state index is 0.0264. The fourth-order valence-corrected chi connectivity index (χ4v) is 4.50. The van der Waals surface area contributed by atoms with Gasteiger partial charge in [0.15, 0.2) is 6.61 Å². The van der Waals surface area contributed by atoms with Crippen molar-refractivity contribution in [2.45, 2.75) is 75.8 Å². The van der Waals surface area contributed by atoms with E-state index in [1.54, 1.807) is 12.1 Å². The molecule has 1 aromatic carbocycles. The number of benzene rings is 1. The van der Waals surface area contributed by atoms with Crippen LogP contribution in [0.3, 0.4) is 0 Å². The zero-order chi connectivity index (χ0) is 19.0. The molecule has 1 aliphatic rings. The zero-order valence-corrected chi connectivity index (χ0v) is 16.5. The smallest absolute Gasteiger partial charge is 0.258 e. The van der Waals surface area contributed by atoms with Crippen molar-refractivity contribution in [3.63, 3.8) is 0 Å². The number of hydrogen-bond donors (Lipinski definition) is 2. The largest absolute Gasteiger partial charge is 0.484 e. The van der Waals surface area contributed by atoms with E-state index in [0.717, 1.165) is 38.5 Å². The maximum atomic E-state index is 12.4. The second-order valence-electron chi connectivity index (χ2n) is 6.97. The van der Waals surface area contributed by atoms with Crippen molar-refractivity contribution in [2.75, 3.05) is 6.61 Å². The summed E-state index contributed by atoms with van der Waals surface area (Å²) >= 11 is 0. The topological polar surface area (TPSA) is 84.5 Å². The molecule has 26 heavy (non-hydrogen) atoms. The molecule has 2 N–H and O–H groups in total. The Hall–Kier alpha value is -1.60. The summed E-state index contributed by atoms with van der Waals surface area (Å²) in [5.41, 5.74) is 0. The van der Waals surface area contributed by atoms with Crippen molar-refractivity contribution in [3.8, 4) is 5.75 Å². The first-order valence-electron chi connectivity index (χ1n) is 9.45. The highest BCUT2D eigenvalue weighted by molar-refractivity contribution is 7.89. The molecule has 1 amide bonds. The molecule has 6 nitrogen and oxygen atoms in total. The van der Waals surface area contributed by atoms with Crippen molar-refractivity contribution in [3.05, 3.63) is 24.3 Å². The quantitative estimate of drug-likeness (QED) is 0.688. The Morgan fingerprint density at radius 2 is 1.85 bits per heavy atom. The van der Waals surface area contributed by atoms with Gasteiger partial charge in [-0.05, 0) is 50.5 Å². The lowest BCUT2D eigenvalue weighted by Crippen LogP contribution is -2.36. The normalized spacial score (nSPS) is 16.8. The molecule has 1 atom stereocenters. The standard InChI is InChI=1S/C19H30N2O4S/c1-3-7-15(2)20-19(22)14-25-17-10-12-18(13-11-17)26(23,24)21-16-8-5-4-6-9-16/h10-13,15-16,21H,3-9,14H2,1-2H3,(H,20,22)/t15-/m0/s1. The van der Waals surface area contributed by atoms with Crippen LogP contribution in [0, 0.1) is 0 Å². The summed E-state index contributed by atoms with van der Waals surface area (Å²) in [6, 6.07) is 6.33. The number of amides is 1.